The van der Waals surface area contributed by atoms with Crippen LogP contribution in [-0.2, 0) is 14.8 Å². The van der Waals surface area contributed by atoms with Gasteiger partial charge in [-0.15, -0.1) is 12.4 Å². The zero-order valence-corrected chi connectivity index (χ0v) is 22.9. The normalized spacial score (nSPS) is 14.8. The number of anilines is 1. The Labute approximate surface area is 220 Å². The lowest BCUT2D eigenvalue weighted by atomic mass is 10.2. The number of hydrogen-bond donors (Lipinski definition) is 0. The first-order chi connectivity index (χ1) is 16.2. The van der Waals surface area contributed by atoms with Crippen molar-refractivity contribution in [3.8, 4) is 0 Å². The van der Waals surface area contributed by atoms with Crippen LogP contribution in [0.3, 0.4) is 0 Å². The molecule has 1 aliphatic rings. The average molecular weight is 560 g/mol. The molecule has 8 nitrogen and oxygen atoms in total. The number of aryl methyl sites for hydroxylation is 1. The van der Waals surface area contributed by atoms with E-state index in [0.29, 0.717) is 55.1 Å². The van der Waals surface area contributed by atoms with Crippen molar-refractivity contribution in [2.24, 2.45) is 0 Å². The predicted molar refractivity (Wildman–Crippen MR) is 143 cm³/mol. The van der Waals surface area contributed by atoms with Crippen LogP contribution in [-0.4, -0.2) is 82.0 Å². The maximum absolute atomic E-state index is 13.5. The number of likely N-dealkylation sites (N-methyl/N-ethyl adjacent to an activating group) is 1. The van der Waals surface area contributed by atoms with Crippen LogP contribution in [0.2, 0.25) is 5.02 Å². The molecule has 2 aromatic carbocycles. The summed E-state index contributed by atoms with van der Waals surface area (Å²) in [4.78, 5) is 22.0. The van der Waals surface area contributed by atoms with E-state index >= 15 is 0 Å². The number of carbonyl (C=O) groups is 1. The van der Waals surface area contributed by atoms with Gasteiger partial charge in [-0.1, -0.05) is 22.9 Å². The molecule has 0 spiro atoms. The van der Waals surface area contributed by atoms with E-state index in [0.717, 1.165) is 15.8 Å². The van der Waals surface area contributed by atoms with Crippen molar-refractivity contribution in [3.63, 3.8) is 0 Å². The molecule has 0 radical (unpaired) electrons. The van der Waals surface area contributed by atoms with Gasteiger partial charge in [-0.05, 0) is 63.0 Å². The molecule has 0 N–H and O–H groups in total. The Morgan fingerprint density at radius 2 is 1.80 bits per heavy atom. The number of rotatable bonds is 7. The summed E-state index contributed by atoms with van der Waals surface area (Å²) in [5.74, 6) is -0.236. The molecule has 1 amide bonds. The number of amides is 1. The van der Waals surface area contributed by atoms with Gasteiger partial charge in [-0.3, -0.25) is 9.69 Å². The van der Waals surface area contributed by atoms with Crippen LogP contribution in [0, 0.1) is 6.92 Å². The Kier molecular flexibility index (Phi) is 9.14. The van der Waals surface area contributed by atoms with Crippen LogP contribution in [0.25, 0.3) is 10.2 Å². The van der Waals surface area contributed by atoms with Gasteiger partial charge in [0.05, 0.1) is 28.3 Å². The zero-order chi connectivity index (χ0) is 24.5. The minimum absolute atomic E-state index is 0. The standard InChI is InChI=1S/C23H27ClN4O4S2.ClH/c1-16-14-18(24)15-20-21(16)25-23(33-20)28(9-8-26(2)3)22(29)17-4-6-19(7-5-17)34(30,31)27-10-12-32-13-11-27;/h4-7,14-15H,8-13H2,1-3H3;1H. The maximum atomic E-state index is 13.5. The molecule has 3 aromatic rings. The Morgan fingerprint density at radius 3 is 2.43 bits per heavy atom. The summed E-state index contributed by atoms with van der Waals surface area (Å²) in [6, 6.07) is 9.81. The molecule has 190 valence electrons. The fourth-order valence-electron chi connectivity index (χ4n) is 3.70. The number of nitrogens with zero attached hydrogens (tertiary/aromatic N) is 4. The predicted octanol–water partition coefficient (Wildman–Crippen LogP) is 3.91. The largest absolute Gasteiger partial charge is 0.379 e. The third-order valence-electron chi connectivity index (χ3n) is 5.59. The molecule has 1 fully saturated rings. The summed E-state index contributed by atoms with van der Waals surface area (Å²) in [6.45, 7) is 4.42. The number of morpholine rings is 1. The molecule has 0 unspecified atom stereocenters. The Morgan fingerprint density at radius 1 is 1.14 bits per heavy atom. The van der Waals surface area contributed by atoms with Gasteiger partial charge in [-0.25, -0.2) is 13.4 Å². The number of thiazole rings is 1. The molecule has 0 saturated carbocycles. The van der Waals surface area contributed by atoms with Gasteiger partial charge >= 0.3 is 0 Å². The summed E-state index contributed by atoms with van der Waals surface area (Å²) >= 11 is 7.63. The van der Waals surface area contributed by atoms with E-state index in [1.807, 2.05) is 38.1 Å². The van der Waals surface area contributed by atoms with Gasteiger partial charge in [0.25, 0.3) is 5.91 Å². The first-order valence-corrected chi connectivity index (χ1v) is 13.5. The van der Waals surface area contributed by atoms with Gasteiger partial charge in [0.2, 0.25) is 10.0 Å². The highest BCUT2D eigenvalue weighted by Gasteiger charge is 2.27. The van der Waals surface area contributed by atoms with Crippen LogP contribution in [0.5, 0.6) is 0 Å². The third-order valence-corrected chi connectivity index (χ3v) is 8.75. The fourth-order valence-corrected chi connectivity index (χ4v) is 6.56. The lowest BCUT2D eigenvalue weighted by Gasteiger charge is -2.26. The second-order valence-corrected chi connectivity index (χ2v) is 11.8. The summed E-state index contributed by atoms with van der Waals surface area (Å²) < 4.78 is 33.4. The van der Waals surface area contributed by atoms with Crippen molar-refractivity contribution in [3.05, 3.63) is 52.5 Å². The number of sulfonamides is 1. The number of aromatic nitrogens is 1. The molecule has 0 aliphatic carbocycles. The number of carbonyl (C=O) groups excluding carboxylic acids is 1. The highest BCUT2D eigenvalue weighted by atomic mass is 35.5. The quantitative estimate of drug-likeness (QED) is 0.437. The Hall–Kier alpha value is -1.79. The first-order valence-electron chi connectivity index (χ1n) is 10.9. The van der Waals surface area contributed by atoms with Crippen LogP contribution >= 0.6 is 35.3 Å². The van der Waals surface area contributed by atoms with Crippen molar-refractivity contribution in [1.82, 2.24) is 14.2 Å². The topological polar surface area (TPSA) is 83.1 Å². The fraction of sp³-hybridized carbons (Fsp3) is 0.391. The van der Waals surface area contributed by atoms with Gasteiger partial charge in [-0.2, -0.15) is 4.31 Å². The Balaban J connectivity index is 0.00000342. The minimum Gasteiger partial charge on any atom is -0.379 e. The van der Waals surface area contributed by atoms with Crippen LogP contribution < -0.4 is 4.90 Å². The second-order valence-electron chi connectivity index (χ2n) is 8.37. The monoisotopic (exact) mass is 558 g/mol. The number of hydrogen-bond acceptors (Lipinski definition) is 7. The van der Waals surface area contributed by atoms with E-state index in [9.17, 15) is 13.2 Å². The number of fused-ring (bicyclic) bond motifs is 1. The van der Waals surface area contributed by atoms with E-state index in [1.54, 1.807) is 17.0 Å². The van der Waals surface area contributed by atoms with Gasteiger partial charge in [0.15, 0.2) is 5.13 Å². The van der Waals surface area contributed by atoms with Gasteiger partial charge < -0.3 is 9.64 Å². The van der Waals surface area contributed by atoms with Crippen molar-refractivity contribution in [2.75, 3.05) is 58.4 Å². The molecule has 35 heavy (non-hydrogen) atoms. The summed E-state index contributed by atoms with van der Waals surface area (Å²) in [5, 5.41) is 1.21. The molecule has 4 rings (SSSR count). The van der Waals surface area contributed by atoms with Crippen molar-refractivity contribution in [1.29, 1.82) is 0 Å². The highest BCUT2D eigenvalue weighted by Crippen LogP contribution is 2.33. The first kappa shape index (κ1) is 27.8. The molecule has 0 atom stereocenters. The average Bonchev–Trinajstić information content (AvgIpc) is 3.23. The third kappa shape index (κ3) is 6.14. The lowest BCUT2D eigenvalue weighted by Crippen LogP contribution is -2.40. The van der Waals surface area contributed by atoms with Crippen LogP contribution in [0.4, 0.5) is 5.13 Å². The van der Waals surface area contributed by atoms with E-state index in [1.165, 1.54) is 27.8 Å². The highest BCUT2D eigenvalue weighted by molar-refractivity contribution is 7.89. The lowest BCUT2D eigenvalue weighted by molar-refractivity contribution is 0.0730. The Bertz CT molecular complexity index is 1290. The van der Waals surface area contributed by atoms with E-state index in [2.05, 4.69) is 0 Å². The summed E-state index contributed by atoms with van der Waals surface area (Å²) in [5.41, 5.74) is 2.16. The molecular formula is C23H28Cl2N4O4S2. The molecule has 12 heteroatoms. The smallest absolute Gasteiger partial charge is 0.260 e. The number of halogens is 2. The molecule has 1 aliphatic heterocycles. The van der Waals surface area contributed by atoms with E-state index in [4.69, 9.17) is 21.3 Å². The molecule has 2 heterocycles. The van der Waals surface area contributed by atoms with Gasteiger partial charge in [0, 0.05) is 36.8 Å². The number of benzene rings is 2. The zero-order valence-electron chi connectivity index (χ0n) is 19.7. The SMILES string of the molecule is Cc1cc(Cl)cc2sc(N(CCN(C)C)C(=O)c3ccc(S(=O)(=O)N4CCOCC4)cc3)nc12.Cl. The summed E-state index contributed by atoms with van der Waals surface area (Å²) in [6.07, 6.45) is 0. The van der Waals surface area contributed by atoms with Crippen molar-refractivity contribution in [2.45, 2.75) is 11.8 Å². The van der Waals surface area contributed by atoms with Crippen molar-refractivity contribution >= 4 is 66.6 Å². The number of ether oxygens (including phenoxy) is 1. The van der Waals surface area contributed by atoms with Crippen LogP contribution in [0.1, 0.15) is 15.9 Å². The molecule has 1 saturated heterocycles. The summed E-state index contributed by atoms with van der Waals surface area (Å²) in [7, 11) is 0.256. The van der Waals surface area contributed by atoms with Gasteiger partial charge in [0.1, 0.15) is 0 Å². The van der Waals surface area contributed by atoms with E-state index < -0.39 is 10.0 Å². The minimum atomic E-state index is -3.63. The van der Waals surface area contributed by atoms with E-state index in [-0.39, 0.29) is 23.2 Å². The van der Waals surface area contributed by atoms with Crippen molar-refractivity contribution < 1.29 is 17.9 Å². The molecule has 0 bridgehead atoms. The molecular weight excluding hydrogens is 531 g/mol. The molecule has 1 aromatic heterocycles. The van der Waals surface area contributed by atoms with Crippen LogP contribution in [0.15, 0.2) is 41.3 Å². The second kappa shape index (κ2) is 11.5. The maximum Gasteiger partial charge on any atom is 0.260 e.